The first-order valence-corrected chi connectivity index (χ1v) is 5.92. The fourth-order valence-electron chi connectivity index (χ4n) is 1.76. The Balaban J connectivity index is 3.16. The van der Waals surface area contributed by atoms with Crippen LogP contribution in [-0.4, -0.2) is 17.6 Å². The molecule has 94 valence electrons. The zero-order valence-electron chi connectivity index (χ0n) is 11.0. The van der Waals surface area contributed by atoms with E-state index in [1.807, 2.05) is 12.1 Å². The van der Waals surface area contributed by atoms with Gasteiger partial charge in [-0.25, -0.2) is 0 Å². The van der Waals surface area contributed by atoms with Crippen LogP contribution in [0.5, 0.6) is 0 Å². The summed E-state index contributed by atoms with van der Waals surface area (Å²) in [6.07, 6.45) is 0.923. The second-order valence-electron chi connectivity index (χ2n) is 5.19. The Hall–Kier alpha value is -1.35. The molecule has 3 nitrogen and oxygen atoms in total. The van der Waals surface area contributed by atoms with Gasteiger partial charge in [-0.3, -0.25) is 4.79 Å². The van der Waals surface area contributed by atoms with Crippen molar-refractivity contribution in [3.05, 3.63) is 29.3 Å². The molecule has 0 aliphatic heterocycles. The lowest BCUT2D eigenvalue weighted by Gasteiger charge is -2.23. The SMILES string of the molecule is CCc1ccc(C(C)(C)C)c(NC(=O)CO)c1. The second kappa shape index (κ2) is 5.32. The zero-order chi connectivity index (χ0) is 13.1. The average molecular weight is 235 g/mol. The molecule has 1 aromatic carbocycles. The lowest BCUT2D eigenvalue weighted by atomic mass is 9.85. The molecule has 2 N–H and O–H groups in total. The maximum Gasteiger partial charge on any atom is 0.250 e. The molecule has 0 bridgehead atoms. The van der Waals surface area contributed by atoms with Crippen LogP contribution >= 0.6 is 0 Å². The molecular weight excluding hydrogens is 214 g/mol. The molecule has 0 radical (unpaired) electrons. The van der Waals surface area contributed by atoms with E-state index in [-0.39, 0.29) is 11.3 Å². The normalized spacial score (nSPS) is 11.4. The quantitative estimate of drug-likeness (QED) is 0.845. The Morgan fingerprint density at radius 2 is 2.00 bits per heavy atom. The highest BCUT2D eigenvalue weighted by Crippen LogP contribution is 2.30. The third-order valence-corrected chi connectivity index (χ3v) is 2.72. The number of benzene rings is 1. The second-order valence-corrected chi connectivity index (χ2v) is 5.19. The molecule has 0 unspecified atom stereocenters. The van der Waals surface area contributed by atoms with E-state index >= 15 is 0 Å². The monoisotopic (exact) mass is 235 g/mol. The maximum atomic E-state index is 11.3. The molecule has 3 heteroatoms. The number of aliphatic hydroxyl groups excluding tert-OH is 1. The number of carbonyl (C=O) groups excluding carboxylic acids is 1. The Bertz CT molecular complexity index is 405. The zero-order valence-corrected chi connectivity index (χ0v) is 11.0. The van der Waals surface area contributed by atoms with Crippen molar-refractivity contribution in [2.75, 3.05) is 11.9 Å². The molecule has 0 aromatic heterocycles. The highest BCUT2D eigenvalue weighted by molar-refractivity contribution is 5.92. The minimum Gasteiger partial charge on any atom is -0.387 e. The summed E-state index contributed by atoms with van der Waals surface area (Å²) in [6, 6.07) is 6.11. The van der Waals surface area contributed by atoms with Gasteiger partial charge < -0.3 is 10.4 Å². The number of nitrogens with one attached hydrogen (secondary N) is 1. The van der Waals surface area contributed by atoms with Crippen LogP contribution in [0.4, 0.5) is 5.69 Å². The number of rotatable bonds is 3. The van der Waals surface area contributed by atoms with Gasteiger partial charge in [-0.05, 0) is 29.0 Å². The minimum atomic E-state index is -0.486. The van der Waals surface area contributed by atoms with Crippen molar-refractivity contribution >= 4 is 11.6 Å². The Kier molecular flexibility index (Phi) is 4.29. The fourth-order valence-corrected chi connectivity index (χ4v) is 1.76. The highest BCUT2D eigenvalue weighted by Gasteiger charge is 2.19. The van der Waals surface area contributed by atoms with Crippen molar-refractivity contribution < 1.29 is 9.90 Å². The molecule has 0 saturated carbocycles. The number of hydrogen-bond acceptors (Lipinski definition) is 2. The van der Waals surface area contributed by atoms with Crippen LogP contribution in [0, 0.1) is 0 Å². The molecule has 0 fully saturated rings. The van der Waals surface area contributed by atoms with Crippen LogP contribution in [0.25, 0.3) is 0 Å². The number of aliphatic hydroxyl groups is 1. The number of anilines is 1. The largest absolute Gasteiger partial charge is 0.387 e. The summed E-state index contributed by atoms with van der Waals surface area (Å²) in [5.74, 6) is -0.372. The van der Waals surface area contributed by atoms with Crippen molar-refractivity contribution in [1.82, 2.24) is 0 Å². The maximum absolute atomic E-state index is 11.3. The van der Waals surface area contributed by atoms with Gasteiger partial charge >= 0.3 is 0 Å². The molecule has 0 saturated heterocycles. The number of carbonyl (C=O) groups is 1. The van der Waals surface area contributed by atoms with Crippen molar-refractivity contribution in [2.24, 2.45) is 0 Å². The molecule has 1 rings (SSSR count). The first-order valence-electron chi connectivity index (χ1n) is 5.92. The Morgan fingerprint density at radius 3 is 2.47 bits per heavy atom. The predicted molar refractivity (Wildman–Crippen MR) is 70.2 cm³/mol. The topological polar surface area (TPSA) is 49.3 Å². The number of amides is 1. The molecule has 1 aromatic rings. The third-order valence-electron chi connectivity index (χ3n) is 2.72. The van der Waals surface area contributed by atoms with E-state index in [0.29, 0.717) is 0 Å². The molecule has 0 aliphatic rings. The summed E-state index contributed by atoms with van der Waals surface area (Å²) in [6.45, 7) is 7.89. The third kappa shape index (κ3) is 3.56. The van der Waals surface area contributed by atoms with Crippen LogP contribution < -0.4 is 5.32 Å². The summed E-state index contributed by atoms with van der Waals surface area (Å²) in [7, 11) is 0. The van der Waals surface area contributed by atoms with Crippen LogP contribution in [0.3, 0.4) is 0 Å². The molecular formula is C14H21NO2. The lowest BCUT2D eigenvalue weighted by molar-refractivity contribution is -0.118. The summed E-state index contributed by atoms with van der Waals surface area (Å²) in [5.41, 5.74) is 3.02. The van der Waals surface area contributed by atoms with Gasteiger partial charge in [0.05, 0.1) is 0 Å². The first-order chi connectivity index (χ1) is 7.88. The van der Waals surface area contributed by atoms with E-state index in [9.17, 15) is 4.79 Å². The smallest absolute Gasteiger partial charge is 0.250 e. The highest BCUT2D eigenvalue weighted by atomic mass is 16.3. The summed E-state index contributed by atoms with van der Waals surface area (Å²) < 4.78 is 0. The Morgan fingerprint density at radius 1 is 1.35 bits per heavy atom. The van der Waals surface area contributed by atoms with E-state index < -0.39 is 6.61 Å². The van der Waals surface area contributed by atoms with Gasteiger partial charge in [0.15, 0.2) is 0 Å². The van der Waals surface area contributed by atoms with Gasteiger partial charge in [0.2, 0.25) is 5.91 Å². The average Bonchev–Trinajstić information content (AvgIpc) is 2.27. The van der Waals surface area contributed by atoms with E-state index in [4.69, 9.17) is 5.11 Å². The van der Waals surface area contributed by atoms with Gasteiger partial charge in [-0.15, -0.1) is 0 Å². The standard InChI is InChI=1S/C14H21NO2/c1-5-10-6-7-11(14(2,3)4)12(8-10)15-13(17)9-16/h6-8,16H,5,9H2,1-4H3,(H,15,17). The Labute approximate surface area is 103 Å². The number of aryl methyl sites for hydroxylation is 1. The van der Waals surface area contributed by atoms with E-state index in [2.05, 4.69) is 39.1 Å². The van der Waals surface area contributed by atoms with Crippen molar-refractivity contribution in [3.8, 4) is 0 Å². The summed E-state index contributed by atoms with van der Waals surface area (Å²) >= 11 is 0. The first kappa shape index (κ1) is 13.7. The molecule has 0 atom stereocenters. The van der Waals surface area contributed by atoms with Crippen LogP contribution in [0.2, 0.25) is 0 Å². The van der Waals surface area contributed by atoms with Crippen molar-refractivity contribution in [3.63, 3.8) is 0 Å². The van der Waals surface area contributed by atoms with Gasteiger partial charge in [0.1, 0.15) is 6.61 Å². The number of hydrogen-bond donors (Lipinski definition) is 2. The van der Waals surface area contributed by atoms with E-state index in [1.165, 1.54) is 5.56 Å². The van der Waals surface area contributed by atoms with E-state index in [1.54, 1.807) is 0 Å². The van der Waals surface area contributed by atoms with Gasteiger partial charge in [0.25, 0.3) is 0 Å². The predicted octanol–water partition coefficient (Wildman–Crippen LogP) is 2.48. The summed E-state index contributed by atoms with van der Waals surface area (Å²) in [5, 5.41) is 11.6. The van der Waals surface area contributed by atoms with Gasteiger partial charge in [-0.1, -0.05) is 39.8 Å². The fraction of sp³-hybridized carbons (Fsp3) is 0.500. The van der Waals surface area contributed by atoms with Crippen LogP contribution in [0.1, 0.15) is 38.8 Å². The molecule has 0 heterocycles. The lowest BCUT2D eigenvalue weighted by Crippen LogP contribution is -2.20. The summed E-state index contributed by atoms with van der Waals surface area (Å²) in [4.78, 5) is 11.3. The van der Waals surface area contributed by atoms with Crippen molar-refractivity contribution in [1.29, 1.82) is 0 Å². The molecule has 0 aliphatic carbocycles. The van der Waals surface area contributed by atoms with Crippen molar-refractivity contribution in [2.45, 2.75) is 39.5 Å². The van der Waals surface area contributed by atoms with Crippen LogP contribution in [-0.2, 0) is 16.6 Å². The minimum absolute atomic E-state index is 0.0374. The van der Waals surface area contributed by atoms with Crippen LogP contribution in [0.15, 0.2) is 18.2 Å². The van der Waals surface area contributed by atoms with Gasteiger partial charge in [-0.2, -0.15) is 0 Å². The van der Waals surface area contributed by atoms with Gasteiger partial charge in [0, 0.05) is 5.69 Å². The van der Waals surface area contributed by atoms with E-state index in [0.717, 1.165) is 17.7 Å². The molecule has 0 spiro atoms. The molecule has 17 heavy (non-hydrogen) atoms. The molecule has 1 amide bonds.